The van der Waals surface area contributed by atoms with Crippen molar-refractivity contribution in [3.8, 4) is 5.69 Å². The Morgan fingerprint density at radius 1 is 0.420 bits per heavy atom. The molecule has 2 unspecified atom stereocenters. The third kappa shape index (κ3) is 6.32. The molecule has 0 radical (unpaired) electrons. The van der Waals surface area contributed by atoms with E-state index >= 15 is 0 Å². The van der Waals surface area contributed by atoms with Crippen molar-refractivity contribution in [2.45, 2.75) is 153 Å². The third-order valence-corrected chi connectivity index (χ3v) is 23.9. The van der Waals surface area contributed by atoms with E-state index < -0.39 is 8.07 Å². The van der Waals surface area contributed by atoms with Crippen molar-refractivity contribution < 1.29 is 0 Å². The number of nitrogens with zero attached hydrogens (tertiary/aromatic N) is 3. The van der Waals surface area contributed by atoms with E-state index in [0.717, 1.165) is 6.42 Å². The van der Waals surface area contributed by atoms with Crippen molar-refractivity contribution in [1.29, 1.82) is 0 Å². The topological polar surface area (TPSA) is 21.1 Å². The number of benzene rings is 6. The molecule has 4 heteroatoms. The number of para-hydroxylation sites is 1. The second kappa shape index (κ2) is 15.1. The van der Waals surface area contributed by atoms with Gasteiger partial charge in [0.2, 0.25) is 0 Å². The molecule has 69 heavy (non-hydrogen) atoms. The Morgan fingerprint density at radius 2 is 0.986 bits per heavy atom. The van der Waals surface area contributed by atoms with Crippen molar-refractivity contribution in [1.82, 2.24) is 9.55 Å². The lowest BCUT2D eigenvalue weighted by atomic mass is 9.62. The van der Waals surface area contributed by atoms with Crippen LogP contribution in [0.25, 0.3) is 27.5 Å². The molecule has 0 spiro atoms. The minimum absolute atomic E-state index is 0.0360. The Labute approximate surface area is 413 Å². The van der Waals surface area contributed by atoms with Gasteiger partial charge in [-0.05, 0) is 153 Å². The van der Waals surface area contributed by atoms with Gasteiger partial charge >= 0.3 is 0 Å². The maximum Gasteiger partial charge on any atom is 0.179 e. The predicted octanol–water partition coefficient (Wildman–Crippen LogP) is 14.0. The molecule has 0 bridgehead atoms. The Kier molecular flexibility index (Phi) is 9.77. The van der Waals surface area contributed by atoms with Gasteiger partial charge in [-0.1, -0.05) is 172 Å². The van der Waals surface area contributed by atoms with Gasteiger partial charge in [-0.3, -0.25) is 4.98 Å². The van der Waals surface area contributed by atoms with Crippen LogP contribution in [-0.2, 0) is 27.1 Å². The van der Waals surface area contributed by atoms with Crippen molar-refractivity contribution in [3.05, 3.63) is 180 Å². The molecule has 4 aliphatic rings. The lowest BCUT2D eigenvalue weighted by Crippen LogP contribution is -2.75. The van der Waals surface area contributed by atoms with Crippen LogP contribution in [0.2, 0.25) is 0 Å². The largest absolute Gasteiger partial charge is 0.334 e. The predicted molar refractivity (Wildman–Crippen MR) is 296 cm³/mol. The van der Waals surface area contributed by atoms with Gasteiger partial charge in [-0.2, -0.15) is 0 Å². The SMILES string of the molecule is CC1(C)CCC(C)(C)c2cc([Si](c3ccccc3)(c3cccc(-n4c5ccccc5c5cc(N6c7ccncc7C7(C)CCCCC67C)ccc54)c3)c3ccc4c(c3)C(C)(C)CCC4(C)C)ccc21. The zero-order valence-electron chi connectivity index (χ0n) is 42.9. The monoisotopic (exact) mass is 922 g/mol. The Bertz CT molecular complexity index is 3270. The van der Waals surface area contributed by atoms with Crippen LogP contribution in [0.3, 0.4) is 0 Å². The average molecular weight is 922 g/mol. The molecule has 0 amide bonds. The van der Waals surface area contributed by atoms with Crippen LogP contribution in [0.4, 0.5) is 11.4 Å². The van der Waals surface area contributed by atoms with Crippen LogP contribution >= 0.6 is 0 Å². The molecular weight excluding hydrogens is 851 g/mol. The summed E-state index contributed by atoms with van der Waals surface area (Å²) >= 11 is 0. The van der Waals surface area contributed by atoms with E-state index in [4.69, 9.17) is 4.98 Å². The maximum atomic E-state index is 4.70. The van der Waals surface area contributed by atoms with Crippen LogP contribution in [0.1, 0.15) is 148 Å². The first-order valence-corrected chi connectivity index (χ1v) is 28.2. The molecule has 6 aromatic carbocycles. The summed E-state index contributed by atoms with van der Waals surface area (Å²) in [6, 6.07) is 55.8. The fraction of sp³-hybridized carbons (Fsp3) is 0.369. The minimum atomic E-state index is -3.03. The third-order valence-electron chi connectivity index (χ3n) is 19.1. The molecule has 2 atom stereocenters. The van der Waals surface area contributed by atoms with Gasteiger partial charge < -0.3 is 9.47 Å². The molecule has 8 aromatic rings. The van der Waals surface area contributed by atoms with Crippen LogP contribution in [-0.4, -0.2) is 23.2 Å². The fourth-order valence-corrected chi connectivity index (χ4v) is 19.4. The number of rotatable bonds is 6. The van der Waals surface area contributed by atoms with E-state index in [1.807, 2.05) is 6.20 Å². The lowest BCUT2D eigenvalue weighted by molar-refractivity contribution is 0.194. The first-order valence-electron chi connectivity index (χ1n) is 26.2. The van der Waals surface area contributed by atoms with Gasteiger partial charge in [0.25, 0.3) is 0 Å². The van der Waals surface area contributed by atoms with E-state index in [-0.39, 0.29) is 32.6 Å². The first-order chi connectivity index (χ1) is 32.9. The summed E-state index contributed by atoms with van der Waals surface area (Å²) in [5.74, 6) is 0. The first kappa shape index (κ1) is 44.5. The summed E-state index contributed by atoms with van der Waals surface area (Å²) in [6.45, 7) is 24.8. The van der Waals surface area contributed by atoms with Gasteiger partial charge in [-0.15, -0.1) is 0 Å². The van der Waals surface area contributed by atoms with Crippen LogP contribution in [0, 0.1) is 0 Å². The van der Waals surface area contributed by atoms with E-state index in [1.54, 1.807) is 0 Å². The summed E-state index contributed by atoms with van der Waals surface area (Å²) in [4.78, 5) is 7.39. The second-order valence-corrected chi connectivity index (χ2v) is 28.6. The Morgan fingerprint density at radius 3 is 1.65 bits per heavy atom. The van der Waals surface area contributed by atoms with Gasteiger partial charge in [0.15, 0.2) is 8.07 Å². The quantitative estimate of drug-likeness (QED) is 0.122. The molecule has 2 aromatic heterocycles. The number of pyridine rings is 1. The summed E-state index contributed by atoms with van der Waals surface area (Å²) < 4.78 is 2.56. The van der Waals surface area contributed by atoms with E-state index in [1.165, 1.54) is 132 Å². The molecule has 1 fully saturated rings. The molecule has 3 nitrogen and oxygen atoms in total. The van der Waals surface area contributed by atoms with Gasteiger partial charge in [0.05, 0.1) is 16.6 Å². The van der Waals surface area contributed by atoms with Gasteiger partial charge in [0, 0.05) is 51.2 Å². The van der Waals surface area contributed by atoms with E-state index in [2.05, 4.69) is 224 Å². The molecule has 0 saturated heterocycles. The van der Waals surface area contributed by atoms with Crippen molar-refractivity contribution in [3.63, 3.8) is 0 Å². The highest BCUT2D eigenvalue weighted by Gasteiger charge is 2.58. The number of fused-ring (bicyclic) bond motifs is 8. The Balaban J connectivity index is 1.11. The molecule has 3 aliphatic carbocycles. The molecule has 1 aliphatic heterocycles. The average Bonchev–Trinajstić information content (AvgIpc) is 3.78. The Hall–Kier alpha value is -5.71. The summed E-state index contributed by atoms with van der Waals surface area (Å²) in [7, 11) is -3.03. The normalized spacial score (nSPS) is 23.0. The summed E-state index contributed by atoms with van der Waals surface area (Å²) in [6.07, 6.45) is 13.8. The van der Waals surface area contributed by atoms with Crippen LogP contribution in [0.15, 0.2) is 152 Å². The number of hydrogen-bond acceptors (Lipinski definition) is 2. The smallest absolute Gasteiger partial charge is 0.179 e. The van der Waals surface area contributed by atoms with Crippen molar-refractivity contribution >= 4 is 62.0 Å². The van der Waals surface area contributed by atoms with E-state index in [9.17, 15) is 0 Å². The molecule has 0 N–H and O–H groups in total. The second-order valence-electron chi connectivity index (χ2n) is 24.8. The van der Waals surface area contributed by atoms with Crippen molar-refractivity contribution in [2.75, 3.05) is 4.90 Å². The minimum Gasteiger partial charge on any atom is -0.334 e. The zero-order chi connectivity index (χ0) is 47.9. The summed E-state index contributed by atoms with van der Waals surface area (Å²) in [5, 5.41) is 8.37. The summed E-state index contributed by atoms with van der Waals surface area (Å²) in [5.41, 5.74) is 14.2. The maximum absolute atomic E-state index is 4.70. The highest BCUT2D eigenvalue weighted by Crippen LogP contribution is 2.61. The van der Waals surface area contributed by atoms with Crippen LogP contribution < -0.4 is 25.6 Å². The molecule has 350 valence electrons. The number of anilines is 2. The molecule has 12 rings (SSSR count). The molecule has 3 heterocycles. The molecule has 1 saturated carbocycles. The standard InChI is InChI=1S/C65H71N3Si/c1-60(2)34-36-62(5,6)54-41-48(26-28-52(54)60)69(46-20-12-11-13-21-46,49-27-29-53-55(42-49)63(7,8)37-35-61(53,3)4)47-22-18-19-44(39-47)67-57-24-15-14-23-50(57)51-40-45(25-30-58(51)67)68-59-31-38-66-43-56(59)64(9)32-16-17-33-65(64,68)10/h11-15,18-31,38-43H,16-17,32-37H2,1-10H3. The molecular formula is C65H71N3Si. The lowest BCUT2D eigenvalue weighted by Gasteiger charge is -2.50. The van der Waals surface area contributed by atoms with Crippen molar-refractivity contribution in [2.24, 2.45) is 0 Å². The highest BCUT2D eigenvalue weighted by molar-refractivity contribution is 7.20. The fourth-order valence-electron chi connectivity index (χ4n) is 14.6. The number of hydrogen-bond donors (Lipinski definition) is 0. The van der Waals surface area contributed by atoms with Crippen LogP contribution in [0.5, 0.6) is 0 Å². The van der Waals surface area contributed by atoms with Gasteiger partial charge in [-0.25, -0.2) is 0 Å². The van der Waals surface area contributed by atoms with Gasteiger partial charge in [0.1, 0.15) is 0 Å². The highest BCUT2D eigenvalue weighted by atomic mass is 28.3. The zero-order valence-corrected chi connectivity index (χ0v) is 43.9. The number of aromatic nitrogens is 2. The van der Waals surface area contributed by atoms with E-state index in [0.29, 0.717) is 0 Å².